The molecule has 4 fully saturated rings. The molecular weight excluding hydrogens is 554 g/mol. The lowest BCUT2D eigenvalue weighted by Crippen LogP contribution is -2.52. The molecule has 248 valence electrons. The number of methoxy groups -OCH3 is 1. The molecule has 44 heavy (non-hydrogen) atoms. The van der Waals surface area contributed by atoms with Crippen molar-refractivity contribution in [2.75, 3.05) is 66.4 Å². The summed E-state index contributed by atoms with van der Waals surface area (Å²) in [6, 6.07) is 0.470. The molecule has 2 saturated heterocycles. The standard InChI is InChI=1S/C37H59NO6/c1-25-20-34-35(38(24-25)12-13-41-16-17-43-19-18-42-15-14-40-5)27(3)37(44-34)11-9-30-31-7-6-28-21-29(39)8-10-36(28,4)33(31)22-32(30)26(2)23-37/h6,25,27,30-31,33-35H,7-24H2,1-5H3/t25-,27+,30-,31-,33-,34+,35-,36-,37-/m0/s1. The van der Waals surface area contributed by atoms with Crippen molar-refractivity contribution in [3.8, 4) is 0 Å². The molecule has 4 aliphatic carbocycles. The van der Waals surface area contributed by atoms with Crippen molar-refractivity contribution in [3.63, 3.8) is 0 Å². The summed E-state index contributed by atoms with van der Waals surface area (Å²) in [5, 5.41) is 0. The molecule has 2 saturated carbocycles. The molecule has 0 bridgehead atoms. The van der Waals surface area contributed by atoms with Crippen LogP contribution in [-0.4, -0.2) is 94.9 Å². The van der Waals surface area contributed by atoms with Gasteiger partial charge in [0.2, 0.25) is 0 Å². The normalized spacial score (nSPS) is 40.4. The van der Waals surface area contributed by atoms with E-state index in [9.17, 15) is 4.79 Å². The summed E-state index contributed by atoms with van der Waals surface area (Å²) in [6.45, 7) is 16.3. The summed E-state index contributed by atoms with van der Waals surface area (Å²) < 4.78 is 29.4. The minimum atomic E-state index is -0.0502. The predicted molar refractivity (Wildman–Crippen MR) is 172 cm³/mol. The van der Waals surface area contributed by atoms with Crippen LogP contribution in [0.4, 0.5) is 0 Å². The SMILES string of the molecule is COCCOCCOCCOCCN1C[C@@H](C)C[C@H]2O[C@]3(CC[C@@H]4C(=C(C)C3)C[C@H]3[C@H]4CC=C4CC(=O)CC[C@@]43C)[C@H](C)[C@@H]21. The molecule has 0 amide bonds. The molecule has 6 rings (SSSR count). The van der Waals surface area contributed by atoms with Crippen LogP contribution >= 0.6 is 0 Å². The Kier molecular flexibility index (Phi) is 10.4. The molecular formula is C37H59NO6. The summed E-state index contributed by atoms with van der Waals surface area (Å²) in [5.41, 5.74) is 5.02. The summed E-state index contributed by atoms with van der Waals surface area (Å²) >= 11 is 0. The highest BCUT2D eigenvalue weighted by atomic mass is 16.6. The number of allylic oxidation sites excluding steroid dienone is 3. The monoisotopic (exact) mass is 613 g/mol. The first-order valence-corrected chi connectivity index (χ1v) is 17.8. The van der Waals surface area contributed by atoms with Gasteiger partial charge in [-0.2, -0.15) is 0 Å². The Labute approximate surface area is 266 Å². The summed E-state index contributed by atoms with van der Waals surface area (Å²) in [7, 11) is 1.68. The van der Waals surface area contributed by atoms with Crippen LogP contribution in [0.2, 0.25) is 0 Å². The van der Waals surface area contributed by atoms with Crippen LogP contribution < -0.4 is 0 Å². The summed E-state index contributed by atoms with van der Waals surface area (Å²) in [4.78, 5) is 15.0. The number of hydrogen-bond acceptors (Lipinski definition) is 7. The topological polar surface area (TPSA) is 66.5 Å². The number of carbonyl (C=O) groups is 1. The highest BCUT2D eigenvalue weighted by Crippen LogP contribution is 2.63. The van der Waals surface area contributed by atoms with E-state index in [1.807, 2.05) is 0 Å². The van der Waals surface area contributed by atoms with Gasteiger partial charge < -0.3 is 23.7 Å². The van der Waals surface area contributed by atoms with Gasteiger partial charge in [-0.1, -0.05) is 43.6 Å². The van der Waals surface area contributed by atoms with Crippen molar-refractivity contribution < 1.29 is 28.5 Å². The van der Waals surface area contributed by atoms with Crippen LogP contribution in [0.15, 0.2) is 22.8 Å². The Morgan fingerprint density at radius 3 is 2.50 bits per heavy atom. The lowest BCUT2D eigenvalue weighted by molar-refractivity contribution is -0.121. The van der Waals surface area contributed by atoms with Gasteiger partial charge in [-0.05, 0) is 81.0 Å². The first-order valence-electron chi connectivity index (χ1n) is 17.8. The van der Waals surface area contributed by atoms with E-state index in [1.54, 1.807) is 18.3 Å². The van der Waals surface area contributed by atoms with Crippen molar-refractivity contribution >= 4 is 5.78 Å². The van der Waals surface area contributed by atoms with E-state index in [1.165, 1.54) is 31.3 Å². The van der Waals surface area contributed by atoms with Crippen LogP contribution in [0.1, 0.15) is 85.5 Å². The molecule has 1 spiro atoms. The number of hydrogen-bond donors (Lipinski definition) is 0. The Bertz CT molecular complexity index is 1090. The quantitative estimate of drug-likeness (QED) is 0.197. The average molecular weight is 614 g/mol. The van der Waals surface area contributed by atoms with Crippen LogP contribution in [0.25, 0.3) is 0 Å². The highest BCUT2D eigenvalue weighted by Gasteiger charge is 2.59. The number of ketones is 1. The van der Waals surface area contributed by atoms with Crippen molar-refractivity contribution in [1.29, 1.82) is 0 Å². The average Bonchev–Trinajstić information content (AvgIpc) is 3.46. The van der Waals surface area contributed by atoms with E-state index in [0.717, 1.165) is 51.3 Å². The Balaban J connectivity index is 1.05. The minimum absolute atomic E-state index is 0.0502. The number of Topliss-reactive ketones (excluding diaryl/α,β-unsaturated/α-hetero) is 1. The zero-order chi connectivity index (χ0) is 30.9. The van der Waals surface area contributed by atoms with Crippen LogP contribution in [-0.2, 0) is 28.5 Å². The Morgan fingerprint density at radius 1 is 1.02 bits per heavy atom. The van der Waals surface area contributed by atoms with E-state index >= 15 is 0 Å². The second-order valence-electron chi connectivity index (χ2n) is 15.4. The van der Waals surface area contributed by atoms with E-state index in [-0.39, 0.29) is 11.0 Å². The molecule has 0 aromatic carbocycles. The maximum absolute atomic E-state index is 12.3. The van der Waals surface area contributed by atoms with Gasteiger partial charge in [0.05, 0.1) is 58.0 Å². The third-order valence-electron chi connectivity index (χ3n) is 12.8. The van der Waals surface area contributed by atoms with Gasteiger partial charge in [0.25, 0.3) is 0 Å². The van der Waals surface area contributed by atoms with Gasteiger partial charge in [-0.15, -0.1) is 0 Å². The lowest BCUT2D eigenvalue weighted by atomic mass is 9.57. The Hall–Kier alpha value is -1.09. The molecule has 7 heteroatoms. The second kappa shape index (κ2) is 13.9. The molecule has 7 nitrogen and oxygen atoms in total. The lowest BCUT2D eigenvalue weighted by Gasteiger charge is -2.47. The van der Waals surface area contributed by atoms with Crippen molar-refractivity contribution in [1.82, 2.24) is 4.90 Å². The third kappa shape index (κ3) is 6.40. The van der Waals surface area contributed by atoms with Gasteiger partial charge in [0, 0.05) is 45.0 Å². The highest BCUT2D eigenvalue weighted by molar-refractivity contribution is 5.82. The summed E-state index contributed by atoms with van der Waals surface area (Å²) in [6.07, 6.45) is 12.4. The molecule has 2 heterocycles. The number of fused-ring (bicyclic) bond motifs is 6. The van der Waals surface area contributed by atoms with Gasteiger partial charge in [-0.25, -0.2) is 0 Å². The van der Waals surface area contributed by atoms with Crippen molar-refractivity contribution in [3.05, 3.63) is 22.8 Å². The number of likely N-dealkylation sites (tertiary alicyclic amines) is 1. The van der Waals surface area contributed by atoms with Gasteiger partial charge in [0.1, 0.15) is 5.78 Å². The van der Waals surface area contributed by atoms with Crippen LogP contribution in [0, 0.1) is 35.0 Å². The number of carbonyl (C=O) groups excluding carboxylic acids is 1. The number of piperidine rings is 1. The number of ether oxygens (including phenoxy) is 5. The molecule has 6 aliphatic rings. The number of rotatable bonds is 12. The van der Waals surface area contributed by atoms with Gasteiger partial charge in [-0.3, -0.25) is 9.69 Å². The molecule has 9 atom stereocenters. The van der Waals surface area contributed by atoms with Crippen molar-refractivity contribution in [2.45, 2.75) is 103 Å². The molecule has 0 unspecified atom stereocenters. The fourth-order valence-corrected chi connectivity index (χ4v) is 10.5. The van der Waals surface area contributed by atoms with E-state index in [4.69, 9.17) is 23.7 Å². The van der Waals surface area contributed by atoms with Gasteiger partial charge in [0.15, 0.2) is 0 Å². The fourth-order valence-electron chi connectivity index (χ4n) is 10.5. The van der Waals surface area contributed by atoms with Crippen LogP contribution in [0.5, 0.6) is 0 Å². The molecule has 0 radical (unpaired) electrons. The fraction of sp³-hybridized carbons (Fsp3) is 0.865. The second-order valence-corrected chi connectivity index (χ2v) is 15.4. The predicted octanol–water partition coefficient (Wildman–Crippen LogP) is 6.01. The van der Waals surface area contributed by atoms with E-state index in [0.29, 0.717) is 87.7 Å². The largest absolute Gasteiger partial charge is 0.382 e. The molecule has 2 aliphatic heterocycles. The van der Waals surface area contributed by atoms with E-state index < -0.39 is 0 Å². The maximum Gasteiger partial charge on any atom is 0.136 e. The first-order chi connectivity index (χ1) is 21.3. The zero-order valence-electron chi connectivity index (χ0n) is 28.2. The maximum atomic E-state index is 12.3. The van der Waals surface area contributed by atoms with Crippen LogP contribution in [0.3, 0.4) is 0 Å². The third-order valence-corrected chi connectivity index (χ3v) is 12.8. The van der Waals surface area contributed by atoms with E-state index in [2.05, 4.69) is 38.7 Å². The molecule has 0 aromatic heterocycles. The zero-order valence-corrected chi connectivity index (χ0v) is 28.2. The van der Waals surface area contributed by atoms with Crippen molar-refractivity contribution in [2.24, 2.45) is 35.0 Å². The first kappa shape index (κ1) is 32.8. The Morgan fingerprint density at radius 2 is 1.75 bits per heavy atom. The smallest absolute Gasteiger partial charge is 0.136 e. The molecule has 0 N–H and O–H groups in total. The van der Waals surface area contributed by atoms with Gasteiger partial charge >= 0.3 is 0 Å². The molecule has 0 aromatic rings. The minimum Gasteiger partial charge on any atom is -0.382 e. The number of nitrogens with zero attached hydrogens (tertiary/aromatic N) is 1. The summed E-state index contributed by atoms with van der Waals surface area (Å²) in [5.74, 6) is 3.72.